The predicted molar refractivity (Wildman–Crippen MR) is 147 cm³/mol. The van der Waals surface area contributed by atoms with E-state index in [1.165, 1.54) is 4.90 Å². The van der Waals surface area contributed by atoms with Gasteiger partial charge in [-0.05, 0) is 74.9 Å². The van der Waals surface area contributed by atoms with Crippen LogP contribution in [0.1, 0.15) is 25.0 Å². The van der Waals surface area contributed by atoms with Gasteiger partial charge in [-0.1, -0.05) is 47.0 Å². The van der Waals surface area contributed by atoms with Crippen molar-refractivity contribution in [3.8, 4) is 0 Å². The topological polar surface area (TPSA) is 86.8 Å². The standard InChI is InChI=1S/C27H28Cl2FN3O4S/c1-4-31-27(35)19(3)32(16-20-7-14-24(28)25(29)15-20)26(34)17-33(22-10-5-18(2)6-11-22)38(36,37)23-12-8-21(30)9-13-23/h5-15,19H,4,16-17H2,1-3H3,(H,31,35). The van der Waals surface area contributed by atoms with Gasteiger partial charge >= 0.3 is 0 Å². The van der Waals surface area contributed by atoms with E-state index in [0.717, 1.165) is 34.1 Å². The number of anilines is 1. The van der Waals surface area contributed by atoms with E-state index in [4.69, 9.17) is 23.2 Å². The molecule has 3 aromatic rings. The first-order valence-electron chi connectivity index (χ1n) is 11.8. The number of carbonyl (C=O) groups is 2. The molecule has 0 aliphatic rings. The van der Waals surface area contributed by atoms with Gasteiger partial charge < -0.3 is 10.2 Å². The zero-order valence-corrected chi connectivity index (χ0v) is 23.4. The highest BCUT2D eigenvalue weighted by atomic mass is 35.5. The molecule has 0 aliphatic carbocycles. The summed E-state index contributed by atoms with van der Waals surface area (Å²) in [6.45, 7) is 4.89. The van der Waals surface area contributed by atoms with Crippen molar-refractivity contribution in [3.05, 3.63) is 93.7 Å². The van der Waals surface area contributed by atoms with Crippen molar-refractivity contribution in [2.75, 3.05) is 17.4 Å². The van der Waals surface area contributed by atoms with E-state index in [0.29, 0.717) is 17.1 Å². The van der Waals surface area contributed by atoms with Crippen LogP contribution in [0, 0.1) is 12.7 Å². The summed E-state index contributed by atoms with van der Waals surface area (Å²) in [7, 11) is -4.27. The molecule has 0 aliphatic heterocycles. The van der Waals surface area contributed by atoms with Gasteiger partial charge in [-0.3, -0.25) is 13.9 Å². The number of amides is 2. The van der Waals surface area contributed by atoms with E-state index in [1.54, 1.807) is 56.3 Å². The van der Waals surface area contributed by atoms with Gasteiger partial charge in [-0.15, -0.1) is 0 Å². The molecule has 0 bridgehead atoms. The molecule has 0 fully saturated rings. The number of benzene rings is 3. The number of likely N-dealkylation sites (N-methyl/N-ethyl adjacent to an activating group) is 1. The van der Waals surface area contributed by atoms with Gasteiger partial charge in [0, 0.05) is 13.1 Å². The van der Waals surface area contributed by atoms with Gasteiger partial charge in [0.25, 0.3) is 10.0 Å². The molecule has 0 saturated heterocycles. The minimum Gasteiger partial charge on any atom is -0.355 e. The fraction of sp³-hybridized carbons (Fsp3) is 0.259. The fourth-order valence-electron chi connectivity index (χ4n) is 3.71. The molecule has 1 unspecified atom stereocenters. The number of hydrogen-bond acceptors (Lipinski definition) is 4. The second-order valence-electron chi connectivity index (χ2n) is 8.64. The van der Waals surface area contributed by atoms with Gasteiger partial charge in [0.2, 0.25) is 11.8 Å². The Hall–Kier alpha value is -3.14. The molecular formula is C27H28Cl2FN3O4S. The van der Waals surface area contributed by atoms with E-state index in [-0.39, 0.29) is 22.2 Å². The van der Waals surface area contributed by atoms with Crippen molar-refractivity contribution in [3.63, 3.8) is 0 Å². The highest BCUT2D eigenvalue weighted by Gasteiger charge is 2.32. The molecule has 3 rings (SSSR count). The number of aryl methyl sites for hydroxylation is 1. The Bertz CT molecular complexity index is 1400. The third-order valence-electron chi connectivity index (χ3n) is 5.86. The third-order valence-corrected chi connectivity index (χ3v) is 8.38. The summed E-state index contributed by atoms with van der Waals surface area (Å²) in [6.07, 6.45) is 0. The SMILES string of the molecule is CCNC(=O)C(C)N(Cc1ccc(Cl)c(Cl)c1)C(=O)CN(c1ccc(C)cc1)S(=O)(=O)c1ccc(F)cc1. The van der Waals surface area contributed by atoms with Crippen LogP contribution in [0.2, 0.25) is 10.0 Å². The van der Waals surface area contributed by atoms with Crippen molar-refractivity contribution in [2.45, 2.75) is 38.3 Å². The second kappa shape index (κ2) is 12.6. The highest BCUT2D eigenvalue weighted by Crippen LogP contribution is 2.26. The largest absolute Gasteiger partial charge is 0.355 e. The fourth-order valence-corrected chi connectivity index (χ4v) is 5.45. The molecule has 3 aromatic carbocycles. The Morgan fingerprint density at radius 2 is 1.61 bits per heavy atom. The van der Waals surface area contributed by atoms with E-state index < -0.39 is 40.2 Å². The first-order chi connectivity index (χ1) is 17.9. The smallest absolute Gasteiger partial charge is 0.264 e. The molecule has 0 spiro atoms. The summed E-state index contributed by atoms with van der Waals surface area (Å²) < 4.78 is 41.8. The van der Waals surface area contributed by atoms with Crippen LogP contribution in [0.25, 0.3) is 0 Å². The Balaban J connectivity index is 2.03. The molecule has 38 heavy (non-hydrogen) atoms. The van der Waals surface area contributed by atoms with Gasteiger partial charge in [0.1, 0.15) is 18.4 Å². The normalized spacial score (nSPS) is 12.1. The summed E-state index contributed by atoms with van der Waals surface area (Å²) in [5.41, 5.74) is 1.74. The predicted octanol–water partition coefficient (Wildman–Crippen LogP) is 5.19. The number of sulfonamides is 1. The third kappa shape index (κ3) is 7.03. The molecule has 0 saturated carbocycles. The lowest BCUT2D eigenvalue weighted by Crippen LogP contribution is -2.51. The maximum absolute atomic E-state index is 13.8. The summed E-state index contributed by atoms with van der Waals surface area (Å²) in [5.74, 6) is -1.62. The molecule has 1 N–H and O–H groups in total. The van der Waals surface area contributed by atoms with E-state index in [9.17, 15) is 22.4 Å². The van der Waals surface area contributed by atoms with Crippen LogP contribution in [-0.4, -0.2) is 44.3 Å². The van der Waals surface area contributed by atoms with Crippen molar-refractivity contribution in [2.24, 2.45) is 0 Å². The van der Waals surface area contributed by atoms with Crippen LogP contribution in [0.4, 0.5) is 10.1 Å². The number of rotatable bonds is 10. The van der Waals surface area contributed by atoms with Gasteiger partial charge in [0.05, 0.1) is 20.6 Å². The quantitative estimate of drug-likeness (QED) is 0.358. The van der Waals surface area contributed by atoms with Crippen molar-refractivity contribution in [1.29, 1.82) is 0 Å². The lowest BCUT2D eigenvalue weighted by molar-refractivity contribution is -0.139. The maximum Gasteiger partial charge on any atom is 0.264 e. The molecule has 11 heteroatoms. The lowest BCUT2D eigenvalue weighted by atomic mass is 10.1. The number of nitrogens with one attached hydrogen (secondary N) is 1. The monoisotopic (exact) mass is 579 g/mol. The van der Waals surface area contributed by atoms with Gasteiger partial charge in [-0.25, -0.2) is 12.8 Å². The van der Waals surface area contributed by atoms with E-state index in [2.05, 4.69) is 5.32 Å². The molecule has 0 radical (unpaired) electrons. The van der Waals surface area contributed by atoms with Gasteiger partial charge in [0.15, 0.2) is 0 Å². The van der Waals surface area contributed by atoms with Crippen LogP contribution < -0.4 is 9.62 Å². The zero-order valence-electron chi connectivity index (χ0n) is 21.1. The van der Waals surface area contributed by atoms with Gasteiger partial charge in [-0.2, -0.15) is 0 Å². The Labute approximate surface area is 232 Å². The summed E-state index contributed by atoms with van der Waals surface area (Å²) in [6, 6.07) is 14.9. The first kappa shape index (κ1) is 29.4. The maximum atomic E-state index is 13.8. The van der Waals surface area contributed by atoms with Crippen LogP contribution in [0.5, 0.6) is 0 Å². The average Bonchev–Trinajstić information content (AvgIpc) is 2.88. The molecule has 0 heterocycles. The molecule has 0 aromatic heterocycles. The average molecular weight is 581 g/mol. The van der Waals surface area contributed by atoms with Crippen LogP contribution in [0.15, 0.2) is 71.6 Å². The van der Waals surface area contributed by atoms with Crippen molar-refractivity contribution >= 4 is 50.7 Å². The van der Waals surface area contributed by atoms with E-state index >= 15 is 0 Å². The summed E-state index contributed by atoms with van der Waals surface area (Å²) >= 11 is 12.2. The van der Waals surface area contributed by atoms with Crippen LogP contribution in [0.3, 0.4) is 0 Å². The van der Waals surface area contributed by atoms with Crippen LogP contribution >= 0.6 is 23.2 Å². The molecule has 202 valence electrons. The zero-order chi connectivity index (χ0) is 28.0. The molecule has 7 nitrogen and oxygen atoms in total. The Morgan fingerprint density at radius 3 is 2.18 bits per heavy atom. The van der Waals surface area contributed by atoms with E-state index in [1.807, 2.05) is 6.92 Å². The van der Waals surface area contributed by atoms with Crippen LogP contribution in [-0.2, 0) is 26.2 Å². The van der Waals surface area contributed by atoms with Crippen molar-refractivity contribution < 1.29 is 22.4 Å². The Morgan fingerprint density at radius 1 is 0.974 bits per heavy atom. The molecule has 1 atom stereocenters. The Kier molecular flexibility index (Phi) is 9.76. The molecule has 2 amide bonds. The van der Waals surface area contributed by atoms with Crippen molar-refractivity contribution in [1.82, 2.24) is 10.2 Å². The number of hydrogen-bond donors (Lipinski definition) is 1. The first-order valence-corrected chi connectivity index (χ1v) is 14.0. The lowest BCUT2D eigenvalue weighted by Gasteiger charge is -2.32. The minimum atomic E-state index is -4.27. The number of halogens is 3. The number of carbonyl (C=O) groups excluding carboxylic acids is 2. The second-order valence-corrected chi connectivity index (χ2v) is 11.3. The molecular weight excluding hydrogens is 552 g/mol. The number of nitrogens with zero attached hydrogens (tertiary/aromatic N) is 2. The highest BCUT2D eigenvalue weighted by molar-refractivity contribution is 7.92. The minimum absolute atomic E-state index is 0.0215. The summed E-state index contributed by atoms with van der Waals surface area (Å²) in [5, 5.41) is 3.31. The summed E-state index contributed by atoms with van der Waals surface area (Å²) in [4.78, 5) is 27.6.